The van der Waals surface area contributed by atoms with Crippen LogP contribution >= 0.6 is 0 Å². The molecule has 0 saturated heterocycles. The van der Waals surface area contributed by atoms with Gasteiger partial charge in [0.1, 0.15) is 0 Å². The van der Waals surface area contributed by atoms with Crippen molar-refractivity contribution in [1.82, 2.24) is 0 Å². The van der Waals surface area contributed by atoms with Gasteiger partial charge in [-0.25, -0.2) is 0 Å². The van der Waals surface area contributed by atoms with Crippen molar-refractivity contribution >= 4 is 0 Å². The van der Waals surface area contributed by atoms with E-state index in [0.717, 1.165) is 47.3 Å². The average molecular weight is 433 g/mol. The van der Waals surface area contributed by atoms with E-state index in [-0.39, 0.29) is 0 Å². The standard InChI is InChI=1S/C32H48/c1-20-11-27(30(2)17-21-5-8-24(30)12-21)15-28(31(3)18-22-6-9-25(31)13-22)16-29(20)32(4)19-23-7-10-26(32)14-23/h11,16,21-28H,5-10,12-15,17-19H2,1-4H3. The van der Waals surface area contributed by atoms with Crippen molar-refractivity contribution in [1.29, 1.82) is 0 Å². The van der Waals surface area contributed by atoms with E-state index in [2.05, 4.69) is 39.8 Å². The molecule has 0 nitrogen and oxygen atoms in total. The SMILES string of the molecule is CC1=CC(C2(C)CC3CCC2C3)CC(C2(C)CC3CCC2C3)C=C1C1(C)CC2CCC1C2. The molecule has 0 heteroatoms. The number of hydrogen-bond donors (Lipinski definition) is 0. The quantitative estimate of drug-likeness (QED) is 0.417. The van der Waals surface area contributed by atoms with Crippen molar-refractivity contribution in [2.75, 3.05) is 0 Å². The van der Waals surface area contributed by atoms with E-state index in [0.29, 0.717) is 16.2 Å². The van der Waals surface area contributed by atoms with Crippen LogP contribution in [-0.4, -0.2) is 0 Å². The Morgan fingerprint density at radius 1 is 0.594 bits per heavy atom. The molecule has 11 unspecified atom stereocenters. The number of rotatable bonds is 3. The lowest BCUT2D eigenvalue weighted by molar-refractivity contribution is 0.0637. The van der Waals surface area contributed by atoms with Gasteiger partial charge in [-0.05, 0) is 140 Å². The summed E-state index contributed by atoms with van der Waals surface area (Å²) in [6, 6.07) is 0. The Hall–Kier alpha value is -0.520. The average Bonchev–Trinajstić information content (AvgIpc) is 3.56. The van der Waals surface area contributed by atoms with Crippen LogP contribution in [0.1, 0.15) is 111 Å². The summed E-state index contributed by atoms with van der Waals surface area (Å²) in [5, 5.41) is 0. The maximum Gasteiger partial charge on any atom is -0.00448 e. The first-order valence-electron chi connectivity index (χ1n) is 14.7. The Balaban J connectivity index is 1.30. The Bertz CT molecular complexity index is 861. The highest BCUT2D eigenvalue weighted by atomic mass is 14.6. The van der Waals surface area contributed by atoms with Gasteiger partial charge < -0.3 is 0 Å². The van der Waals surface area contributed by atoms with E-state index < -0.39 is 0 Å². The maximum atomic E-state index is 2.96. The molecule has 7 rings (SSSR count). The summed E-state index contributed by atoms with van der Waals surface area (Å²) in [6.07, 6.45) is 25.6. The molecule has 6 fully saturated rings. The largest absolute Gasteiger partial charge is 0.0776 e. The third-order valence-electron chi connectivity index (χ3n) is 13.6. The third-order valence-corrected chi connectivity index (χ3v) is 13.6. The van der Waals surface area contributed by atoms with Crippen LogP contribution < -0.4 is 0 Å². The topological polar surface area (TPSA) is 0 Å². The van der Waals surface area contributed by atoms with E-state index in [1.54, 1.807) is 18.4 Å². The molecule has 0 N–H and O–H groups in total. The first-order valence-corrected chi connectivity index (χ1v) is 14.7. The molecule has 6 saturated carbocycles. The molecule has 11 atom stereocenters. The van der Waals surface area contributed by atoms with Crippen LogP contribution in [-0.2, 0) is 0 Å². The third kappa shape index (κ3) is 2.74. The van der Waals surface area contributed by atoms with E-state index in [1.807, 2.05) is 5.57 Å². The normalized spacial score (nSPS) is 58.4. The molecule has 7 aliphatic carbocycles. The molecular weight excluding hydrogens is 384 g/mol. The second kappa shape index (κ2) is 6.79. The van der Waals surface area contributed by atoms with Gasteiger partial charge in [-0.1, -0.05) is 57.8 Å². The van der Waals surface area contributed by atoms with Gasteiger partial charge in [-0.15, -0.1) is 0 Å². The summed E-state index contributed by atoms with van der Waals surface area (Å²) in [5.74, 6) is 7.74. The summed E-state index contributed by atoms with van der Waals surface area (Å²) in [5.41, 5.74) is 5.18. The van der Waals surface area contributed by atoms with E-state index >= 15 is 0 Å². The van der Waals surface area contributed by atoms with Crippen LogP contribution in [0.4, 0.5) is 0 Å². The zero-order chi connectivity index (χ0) is 21.9. The van der Waals surface area contributed by atoms with Gasteiger partial charge >= 0.3 is 0 Å². The molecule has 0 radical (unpaired) electrons. The zero-order valence-corrected chi connectivity index (χ0v) is 21.5. The summed E-state index contributed by atoms with van der Waals surface area (Å²) in [7, 11) is 0. The molecule has 7 aliphatic rings. The maximum absolute atomic E-state index is 2.96. The molecule has 0 aromatic rings. The van der Waals surface area contributed by atoms with E-state index in [4.69, 9.17) is 0 Å². The van der Waals surface area contributed by atoms with Crippen LogP contribution in [0, 0.1) is 63.6 Å². The number of hydrogen-bond acceptors (Lipinski definition) is 0. The number of fused-ring (bicyclic) bond motifs is 6. The Morgan fingerprint density at radius 3 is 1.53 bits per heavy atom. The van der Waals surface area contributed by atoms with Gasteiger partial charge in [-0.2, -0.15) is 0 Å². The monoisotopic (exact) mass is 432 g/mol. The molecule has 176 valence electrons. The highest BCUT2D eigenvalue weighted by Gasteiger charge is 2.57. The highest BCUT2D eigenvalue weighted by molar-refractivity contribution is 5.40. The van der Waals surface area contributed by atoms with Gasteiger partial charge in [0.05, 0.1) is 0 Å². The van der Waals surface area contributed by atoms with Gasteiger partial charge in [0, 0.05) is 0 Å². The minimum atomic E-state index is 0.472. The van der Waals surface area contributed by atoms with Crippen molar-refractivity contribution < 1.29 is 0 Å². The van der Waals surface area contributed by atoms with Crippen molar-refractivity contribution in [2.45, 2.75) is 111 Å². The Kier molecular flexibility index (Phi) is 4.41. The minimum Gasteiger partial charge on any atom is -0.0776 e. The lowest BCUT2D eigenvalue weighted by Gasteiger charge is -2.46. The van der Waals surface area contributed by atoms with Crippen LogP contribution in [0.3, 0.4) is 0 Å². The van der Waals surface area contributed by atoms with Gasteiger partial charge in [0.2, 0.25) is 0 Å². The fourth-order valence-electron chi connectivity index (χ4n) is 11.8. The van der Waals surface area contributed by atoms with Crippen molar-refractivity contribution in [2.24, 2.45) is 63.6 Å². The predicted molar refractivity (Wildman–Crippen MR) is 134 cm³/mol. The number of allylic oxidation sites excluding steroid dienone is 4. The van der Waals surface area contributed by atoms with Crippen molar-refractivity contribution in [3.63, 3.8) is 0 Å². The summed E-state index contributed by atoms with van der Waals surface area (Å²) in [4.78, 5) is 0. The summed E-state index contributed by atoms with van der Waals surface area (Å²) in [6.45, 7) is 10.7. The van der Waals surface area contributed by atoms with Crippen LogP contribution in [0.15, 0.2) is 23.3 Å². The molecule has 6 bridgehead atoms. The molecule has 0 aromatic carbocycles. The summed E-state index contributed by atoms with van der Waals surface area (Å²) >= 11 is 0. The minimum absolute atomic E-state index is 0.472. The van der Waals surface area contributed by atoms with Gasteiger partial charge in [0.25, 0.3) is 0 Å². The first-order chi connectivity index (χ1) is 15.3. The summed E-state index contributed by atoms with van der Waals surface area (Å²) < 4.78 is 0. The fraction of sp³-hybridized carbons (Fsp3) is 0.875. The lowest BCUT2D eigenvalue weighted by Crippen LogP contribution is -2.38. The molecule has 0 amide bonds. The van der Waals surface area contributed by atoms with Gasteiger partial charge in [-0.3, -0.25) is 0 Å². The second-order valence-corrected chi connectivity index (χ2v) is 15.0. The second-order valence-electron chi connectivity index (χ2n) is 15.0. The Morgan fingerprint density at radius 2 is 1.09 bits per heavy atom. The van der Waals surface area contributed by atoms with E-state index in [1.165, 1.54) is 70.6 Å². The van der Waals surface area contributed by atoms with Crippen molar-refractivity contribution in [3.05, 3.63) is 23.3 Å². The first kappa shape index (κ1) is 20.8. The van der Waals surface area contributed by atoms with Crippen molar-refractivity contribution in [3.8, 4) is 0 Å². The molecule has 32 heavy (non-hydrogen) atoms. The molecule has 0 aliphatic heterocycles. The molecule has 0 heterocycles. The molecule has 0 aromatic heterocycles. The van der Waals surface area contributed by atoms with Crippen LogP contribution in [0.2, 0.25) is 0 Å². The predicted octanol–water partition coefficient (Wildman–Crippen LogP) is 8.97. The zero-order valence-electron chi connectivity index (χ0n) is 21.5. The van der Waals surface area contributed by atoms with Gasteiger partial charge in [0.15, 0.2) is 0 Å². The van der Waals surface area contributed by atoms with E-state index in [9.17, 15) is 0 Å². The van der Waals surface area contributed by atoms with Crippen LogP contribution in [0.25, 0.3) is 0 Å². The molecule has 0 spiro atoms. The Labute approximate surface area is 198 Å². The fourth-order valence-corrected chi connectivity index (χ4v) is 11.8. The lowest BCUT2D eigenvalue weighted by atomic mass is 9.59. The smallest absolute Gasteiger partial charge is 0.00448 e. The van der Waals surface area contributed by atoms with Crippen LogP contribution in [0.5, 0.6) is 0 Å². The highest BCUT2D eigenvalue weighted by Crippen LogP contribution is 2.67. The molecular formula is C32H48.